The highest BCUT2D eigenvalue weighted by atomic mass is 32.2. The Morgan fingerprint density at radius 3 is 2.40 bits per heavy atom. The summed E-state index contributed by atoms with van der Waals surface area (Å²) in [5, 5.41) is 3.32. The van der Waals surface area contributed by atoms with Crippen LogP contribution in [0, 0.1) is 5.92 Å². The second kappa shape index (κ2) is 7.23. The van der Waals surface area contributed by atoms with Crippen LogP contribution in [0.2, 0.25) is 0 Å². The normalized spacial score (nSPS) is 25.1. The summed E-state index contributed by atoms with van der Waals surface area (Å²) in [5.74, 6) is 0.848. The summed E-state index contributed by atoms with van der Waals surface area (Å²) in [5.41, 5.74) is 0. The first-order valence-corrected chi connectivity index (χ1v) is 9.83. The molecule has 1 N–H and O–H groups in total. The van der Waals surface area contributed by atoms with E-state index in [1.54, 1.807) is 0 Å². The van der Waals surface area contributed by atoms with Crippen LogP contribution in [0.1, 0.15) is 58.8 Å². The van der Waals surface area contributed by atoms with E-state index in [9.17, 15) is 8.42 Å². The van der Waals surface area contributed by atoms with Crippen LogP contribution in [-0.4, -0.2) is 43.6 Å². The van der Waals surface area contributed by atoms with Crippen molar-refractivity contribution in [3.05, 3.63) is 0 Å². The number of nitrogens with zero attached hydrogens (tertiary/aromatic N) is 1. The van der Waals surface area contributed by atoms with Gasteiger partial charge in [0.1, 0.15) is 0 Å². The van der Waals surface area contributed by atoms with E-state index < -0.39 is 10.0 Å². The molecule has 0 bridgehead atoms. The average molecular weight is 302 g/mol. The third-order valence-electron chi connectivity index (χ3n) is 4.59. The average Bonchev–Trinajstić information content (AvgIpc) is 3.00. The largest absolute Gasteiger partial charge is 0.313 e. The molecule has 5 heteroatoms. The van der Waals surface area contributed by atoms with Crippen LogP contribution in [0.5, 0.6) is 0 Å². The lowest BCUT2D eigenvalue weighted by molar-refractivity contribution is 0.303. The first kappa shape index (κ1) is 16.2. The van der Waals surface area contributed by atoms with Gasteiger partial charge in [0.2, 0.25) is 10.0 Å². The lowest BCUT2D eigenvalue weighted by atomic mass is 10.1. The molecule has 0 amide bonds. The summed E-state index contributed by atoms with van der Waals surface area (Å²) < 4.78 is 27.4. The van der Waals surface area contributed by atoms with E-state index in [1.807, 2.05) is 4.31 Å². The van der Waals surface area contributed by atoms with Gasteiger partial charge in [-0.3, -0.25) is 0 Å². The van der Waals surface area contributed by atoms with E-state index in [0.29, 0.717) is 18.2 Å². The molecule has 1 unspecified atom stereocenters. The lowest BCUT2D eigenvalue weighted by Crippen LogP contribution is -2.44. The minimum absolute atomic E-state index is 0.169. The molecule has 0 spiro atoms. The molecule has 0 aromatic carbocycles. The van der Waals surface area contributed by atoms with Gasteiger partial charge in [0.05, 0.1) is 5.75 Å². The van der Waals surface area contributed by atoms with Crippen LogP contribution in [0.15, 0.2) is 0 Å². The van der Waals surface area contributed by atoms with Crippen molar-refractivity contribution >= 4 is 10.0 Å². The van der Waals surface area contributed by atoms with E-state index in [0.717, 1.165) is 38.6 Å². The second-order valence-corrected chi connectivity index (χ2v) is 8.77. The molecule has 1 heterocycles. The Hall–Kier alpha value is -0.130. The van der Waals surface area contributed by atoms with Crippen LogP contribution in [-0.2, 0) is 10.0 Å². The fourth-order valence-corrected chi connectivity index (χ4v) is 5.41. The molecule has 2 rings (SSSR count). The summed E-state index contributed by atoms with van der Waals surface area (Å²) in [4.78, 5) is 0. The van der Waals surface area contributed by atoms with Gasteiger partial charge in [0.15, 0.2) is 0 Å². The quantitative estimate of drug-likeness (QED) is 0.785. The van der Waals surface area contributed by atoms with Gasteiger partial charge >= 0.3 is 0 Å². The predicted octanol–water partition coefficient (Wildman–Crippen LogP) is 2.36. The van der Waals surface area contributed by atoms with Crippen LogP contribution < -0.4 is 5.32 Å². The molecule has 0 radical (unpaired) electrons. The molecule has 118 valence electrons. The minimum Gasteiger partial charge on any atom is -0.313 e. The third kappa shape index (κ3) is 4.43. The lowest BCUT2D eigenvalue weighted by Gasteiger charge is -2.29. The fourth-order valence-electron chi connectivity index (χ4n) is 3.38. The zero-order valence-electron chi connectivity index (χ0n) is 13.0. The van der Waals surface area contributed by atoms with Crippen LogP contribution in [0.4, 0.5) is 0 Å². The van der Waals surface area contributed by atoms with E-state index in [1.165, 1.54) is 12.8 Å². The SMILES string of the molecule is CC(C)CCN(C1CCCC1)S(=O)(=O)CC1CCCN1. The van der Waals surface area contributed by atoms with E-state index in [-0.39, 0.29) is 12.1 Å². The standard InChI is InChI=1S/C15H30N2O2S/c1-13(2)9-11-17(15-7-3-4-8-15)20(18,19)12-14-6-5-10-16-14/h13-16H,3-12H2,1-2H3. The summed E-state index contributed by atoms with van der Waals surface area (Å²) in [6.07, 6.45) is 7.54. The Kier molecular flexibility index (Phi) is 5.87. The van der Waals surface area contributed by atoms with Crippen molar-refractivity contribution in [1.82, 2.24) is 9.62 Å². The maximum absolute atomic E-state index is 12.8. The second-order valence-electron chi connectivity index (χ2n) is 6.80. The summed E-state index contributed by atoms with van der Waals surface area (Å²) >= 11 is 0. The predicted molar refractivity (Wildman–Crippen MR) is 83.2 cm³/mol. The first-order chi connectivity index (χ1) is 9.49. The number of rotatable bonds is 7. The molecule has 2 fully saturated rings. The van der Waals surface area contributed by atoms with Gasteiger partial charge in [0, 0.05) is 18.6 Å². The minimum atomic E-state index is -3.11. The van der Waals surface area contributed by atoms with E-state index >= 15 is 0 Å². The highest BCUT2D eigenvalue weighted by molar-refractivity contribution is 7.89. The van der Waals surface area contributed by atoms with Crippen molar-refractivity contribution in [2.45, 2.75) is 70.9 Å². The maximum Gasteiger partial charge on any atom is 0.215 e. The Balaban J connectivity index is 2.02. The molecule has 20 heavy (non-hydrogen) atoms. The highest BCUT2D eigenvalue weighted by Crippen LogP contribution is 2.27. The van der Waals surface area contributed by atoms with Gasteiger partial charge in [0.25, 0.3) is 0 Å². The molecule has 1 saturated carbocycles. The molecule has 0 aromatic heterocycles. The monoisotopic (exact) mass is 302 g/mol. The van der Waals surface area contributed by atoms with Gasteiger partial charge < -0.3 is 5.32 Å². The van der Waals surface area contributed by atoms with Crippen LogP contribution >= 0.6 is 0 Å². The van der Waals surface area contributed by atoms with Gasteiger partial charge in [-0.15, -0.1) is 0 Å². The van der Waals surface area contributed by atoms with Gasteiger partial charge in [-0.2, -0.15) is 4.31 Å². The number of sulfonamides is 1. The first-order valence-electron chi connectivity index (χ1n) is 8.22. The molecule has 1 aliphatic carbocycles. The molecule has 0 aromatic rings. The molecule has 1 aliphatic heterocycles. The molecular formula is C15H30N2O2S. The van der Waals surface area contributed by atoms with E-state index in [2.05, 4.69) is 19.2 Å². The molecular weight excluding hydrogens is 272 g/mol. The Labute approximate surface area is 124 Å². The Morgan fingerprint density at radius 2 is 1.85 bits per heavy atom. The fraction of sp³-hybridized carbons (Fsp3) is 1.00. The Morgan fingerprint density at radius 1 is 1.15 bits per heavy atom. The zero-order valence-corrected chi connectivity index (χ0v) is 13.8. The van der Waals surface area contributed by atoms with Crippen LogP contribution in [0.25, 0.3) is 0 Å². The van der Waals surface area contributed by atoms with Crippen molar-refractivity contribution < 1.29 is 8.42 Å². The molecule has 1 saturated heterocycles. The summed E-state index contributed by atoms with van der Waals surface area (Å²) in [6.45, 7) is 6.00. The summed E-state index contributed by atoms with van der Waals surface area (Å²) in [6, 6.07) is 0.433. The van der Waals surface area contributed by atoms with Crippen molar-refractivity contribution in [3.63, 3.8) is 0 Å². The van der Waals surface area contributed by atoms with E-state index in [4.69, 9.17) is 0 Å². The van der Waals surface area contributed by atoms with Gasteiger partial charge in [-0.1, -0.05) is 26.7 Å². The molecule has 1 atom stereocenters. The smallest absolute Gasteiger partial charge is 0.215 e. The van der Waals surface area contributed by atoms with Gasteiger partial charge in [-0.05, 0) is 44.6 Å². The number of hydrogen-bond donors (Lipinski definition) is 1. The van der Waals surface area contributed by atoms with Gasteiger partial charge in [-0.25, -0.2) is 8.42 Å². The third-order valence-corrected chi connectivity index (χ3v) is 6.61. The van der Waals surface area contributed by atoms with Crippen molar-refractivity contribution in [1.29, 1.82) is 0 Å². The molecule has 2 aliphatic rings. The highest BCUT2D eigenvalue weighted by Gasteiger charge is 2.34. The zero-order chi connectivity index (χ0) is 14.6. The van der Waals surface area contributed by atoms with Crippen molar-refractivity contribution in [2.24, 2.45) is 5.92 Å². The maximum atomic E-state index is 12.8. The van der Waals surface area contributed by atoms with Crippen LogP contribution in [0.3, 0.4) is 0 Å². The number of nitrogens with one attached hydrogen (secondary N) is 1. The van der Waals surface area contributed by atoms with Crippen molar-refractivity contribution in [2.75, 3.05) is 18.8 Å². The summed E-state index contributed by atoms with van der Waals surface area (Å²) in [7, 11) is -3.11. The molecule has 4 nitrogen and oxygen atoms in total. The number of hydrogen-bond acceptors (Lipinski definition) is 3. The topological polar surface area (TPSA) is 49.4 Å². The Bertz CT molecular complexity index is 383. The van der Waals surface area contributed by atoms with Crippen molar-refractivity contribution in [3.8, 4) is 0 Å².